The predicted molar refractivity (Wildman–Crippen MR) is 78.9 cm³/mol. The summed E-state index contributed by atoms with van der Waals surface area (Å²) in [6, 6.07) is 9.70. The van der Waals surface area contributed by atoms with Crippen molar-refractivity contribution in [1.29, 1.82) is 0 Å². The van der Waals surface area contributed by atoms with Crippen LogP contribution in [-0.4, -0.2) is 23.8 Å². The summed E-state index contributed by atoms with van der Waals surface area (Å²) < 4.78 is 12.8. The van der Waals surface area contributed by atoms with Crippen molar-refractivity contribution in [3.8, 4) is 0 Å². The Hall–Kier alpha value is -2.27. The fourth-order valence-corrected chi connectivity index (χ4v) is 2.63. The molecule has 1 aliphatic heterocycles. The molecule has 0 saturated carbocycles. The van der Waals surface area contributed by atoms with Crippen molar-refractivity contribution < 1.29 is 14.3 Å². The van der Waals surface area contributed by atoms with Crippen molar-refractivity contribution in [2.45, 2.75) is 12.5 Å². The molecule has 2 N–H and O–H groups in total. The lowest BCUT2D eigenvalue weighted by atomic mass is 9.98. The van der Waals surface area contributed by atoms with Gasteiger partial charge in [0.1, 0.15) is 18.4 Å². The Kier molecular flexibility index (Phi) is 3.66. The summed E-state index contributed by atoms with van der Waals surface area (Å²) in [4.78, 5) is 12.1. The second-order valence-electron chi connectivity index (χ2n) is 5.18. The first-order valence-corrected chi connectivity index (χ1v) is 6.93. The number of rotatable bonds is 3. The van der Waals surface area contributed by atoms with Gasteiger partial charge in [-0.05, 0) is 23.6 Å². The van der Waals surface area contributed by atoms with Gasteiger partial charge in [-0.2, -0.15) is 0 Å². The molecule has 110 valence electrons. The van der Waals surface area contributed by atoms with E-state index in [4.69, 9.17) is 15.2 Å². The van der Waals surface area contributed by atoms with E-state index in [0.29, 0.717) is 18.0 Å². The summed E-state index contributed by atoms with van der Waals surface area (Å²) in [7, 11) is 1.76. The number of hydrogen-bond acceptors (Lipinski definition) is 4. The molecule has 1 aromatic carbocycles. The van der Waals surface area contributed by atoms with Gasteiger partial charge >= 0.3 is 5.97 Å². The van der Waals surface area contributed by atoms with Crippen molar-refractivity contribution in [3.63, 3.8) is 0 Å². The molecule has 21 heavy (non-hydrogen) atoms. The fraction of sp³-hybridized carbons (Fsp3) is 0.312. The number of carbonyl (C=O) groups is 1. The van der Waals surface area contributed by atoms with E-state index in [1.54, 1.807) is 23.9 Å². The lowest BCUT2D eigenvalue weighted by Gasteiger charge is -2.25. The average molecular weight is 286 g/mol. The maximum Gasteiger partial charge on any atom is 0.355 e. The molecule has 2 aromatic rings. The third-order valence-corrected chi connectivity index (χ3v) is 3.69. The number of anilines is 1. The van der Waals surface area contributed by atoms with Crippen molar-refractivity contribution >= 4 is 11.7 Å². The Labute approximate surface area is 123 Å². The van der Waals surface area contributed by atoms with Crippen LogP contribution in [0.2, 0.25) is 0 Å². The topological polar surface area (TPSA) is 66.5 Å². The summed E-state index contributed by atoms with van der Waals surface area (Å²) in [5.74, 6) is -0.388. The highest BCUT2D eigenvalue weighted by Crippen LogP contribution is 2.27. The van der Waals surface area contributed by atoms with E-state index in [0.717, 1.165) is 12.0 Å². The molecule has 0 bridgehead atoms. The number of nitrogens with two attached hydrogens (primary N) is 1. The van der Waals surface area contributed by atoms with Gasteiger partial charge in [0.2, 0.25) is 0 Å². The van der Waals surface area contributed by atoms with Gasteiger partial charge in [0.15, 0.2) is 0 Å². The van der Waals surface area contributed by atoms with Crippen LogP contribution in [0.1, 0.15) is 27.7 Å². The van der Waals surface area contributed by atoms with E-state index in [2.05, 4.69) is 6.07 Å². The molecule has 5 nitrogen and oxygen atoms in total. The number of aryl methyl sites for hydroxylation is 1. The average Bonchev–Trinajstić information content (AvgIpc) is 2.83. The van der Waals surface area contributed by atoms with Crippen molar-refractivity contribution in [2.75, 3.05) is 18.9 Å². The zero-order chi connectivity index (χ0) is 14.8. The van der Waals surface area contributed by atoms with E-state index in [1.807, 2.05) is 18.2 Å². The maximum atomic E-state index is 12.1. The second-order valence-corrected chi connectivity index (χ2v) is 5.18. The number of hydrogen-bond donors (Lipinski definition) is 1. The van der Waals surface area contributed by atoms with E-state index in [-0.39, 0.29) is 18.7 Å². The molecule has 0 amide bonds. The van der Waals surface area contributed by atoms with Gasteiger partial charge in [-0.25, -0.2) is 4.79 Å². The minimum Gasteiger partial charge on any atom is -0.458 e. The standard InChI is InChI=1S/C16H18N2O3/c1-18-9-12(17)8-14(18)16(19)21-10-15-13-5-3-2-4-11(13)6-7-20-15/h2-5,8-9,15H,6-7,10,17H2,1H3. The number of carbonyl (C=O) groups excluding carboxylic acids is 1. The number of aromatic nitrogens is 1. The number of benzene rings is 1. The molecule has 0 aliphatic carbocycles. The zero-order valence-corrected chi connectivity index (χ0v) is 11.9. The second kappa shape index (κ2) is 5.61. The van der Waals surface area contributed by atoms with Gasteiger partial charge in [0.05, 0.1) is 12.3 Å². The fourth-order valence-electron chi connectivity index (χ4n) is 2.63. The number of nitrogen functional groups attached to an aromatic ring is 1. The largest absolute Gasteiger partial charge is 0.458 e. The van der Waals surface area contributed by atoms with Crippen LogP contribution in [0.3, 0.4) is 0 Å². The Morgan fingerprint density at radius 2 is 2.29 bits per heavy atom. The summed E-state index contributed by atoms with van der Waals surface area (Å²) in [5.41, 5.74) is 9.01. The maximum absolute atomic E-state index is 12.1. The SMILES string of the molecule is Cn1cc(N)cc1C(=O)OCC1OCCc2ccccc21. The van der Waals surface area contributed by atoms with Gasteiger partial charge in [0.25, 0.3) is 0 Å². The predicted octanol–water partition coefficient (Wildman–Crippen LogP) is 2.08. The zero-order valence-electron chi connectivity index (χ0n) is 11.9. The van der Waals surface area contributed by atoms with Gasteiger partial charge in [-0.3, -0.25) is 0 Å². The van der Waals surface area contributed by atoms with Crippen LogP contribution in [0.25, 0.3) is 0 Å². The van der Waals surface area contributed by atoms with Crippen LogP contribution in [0.15, 0.2) is 36.5 Å². The first kappa shape index (κ1) is 13.7. The van der Waals surface area contributed by atoms with Crippen LogP contribution in [0.4, 0.5) is 5.69 Å². The van der Waals surface area contributed by atoms with Crippen molar-refractivity contribution in [3.05, 3.63) is 53.3 Å². The van der Waals surface area contributed by atoms with Gasteiger partial charge in [-0.15, -0.1) is 0 Å². The minimum atomic E-state index is -0.388. The monoisotopic (exact) mass is 286 g/mol. The molecule has 2 heterocycles. The van der Waals surface area contributed by atoms with Gasteiger partial charge in [-0.1, -0.05) is 24.3 Å². The quantitative estimate of drug-likeness (QED) is 0.877. The minimum absolute atomic E-state index is 0.198. The highest BCUT2D eigenvalue weighted by molar-refractivity contribution is 5.89. The van der Waals surface area contributed by atoms with Gasteiger partial charge in [0, 0.05) is 13.2 Å². The molecule has 1 aliphatic rings. The summed E-state index contributed by atoms with van der Waals surface area (Å²) in [6.07, 6.45) is 2.38. The number of ether oxygens (including phenoxy) is 2. The van der Waals surface area contributed by atoms with E-state index >= 15 is 0 Å². The Balaban J connectivity index is 1.69. The van der Waals surface area contributed by atoms with E-state index in [1.165, 1.54) is 5.56 Å². The van der Waals surface area contributed by atoms with Crippen molar-refractivity contribution in [2.24, 2.45) is 7.05 Å². The third-order valence-electron chi connectivity index (χ3n) is 3.69. The molecule has 1 unspecified atom stereocenters. The van der Waals surface area contributed by atoms with Crippen LogP contribution in [-0.2, 0) is 22.9 Å². The van der Waals surface area contributed by atoms with Crippen LogP contribution < -0.4 is 5.73 Å². The highest BCUT2D eigenvalue weighted by atomic mass is 16.6. The van der Waals surface area contributed by atoms with E-state index in [9.17, 15) is 4.79 Å². The molecule has 5 heteroatoms. The molecular weight excluding hydrogens is 268 g/mol. The molecule has 1 atom stereocenters. The molecule has 0 fully saturated rings. The molecule has 0 radical (unpaired) electrons. The molecule has 0 saturated heterocycles. The van der Waals surface area contributed by atoms with Crippen LogP contribution in [0, 0.1) is 0 Å². The summed E-state index contributed by atoms with van der Waals surface area (Å²) >= 11 is 0. The Morgan fingerprint density at radius 1 is 1.48 bits per heavy atom. The third kappa shape index (κ3) is 2.78. The van der Waals surface area contributed by atoms with Crippen LogP contribution in [0.5, 0.6) is 0 Å². The van der Waals surface area contributed by atoms with Crippen molar-refractivity contribution in [1.82, 2.24) is 4.57 Å². The normalized spacial score (nSPS) is 17.3. The molecule has 0 spiro atoms. The number of fused-ring (bicyclic) bond motifs is 1. The summed E-state index contributed by atoms with van der Waals surface area (Å²) in [6.45, 7) is 0.858. The number of nitrogens with zero attached hydrogens (tertiary/aromatic N) is 1. The van der Waals surface area contributed by atoms with Crippen LogP contribution >= 0.6 is 0 Å². The Bertz CT molecular complexity index is 663. The first-order chi connectivity index (χ1) is 10.1. The number of esters is 1. The lowest BCUT2D eigenvalue weighted by molar-refractivity contribution is -0.0158. The van der Waals surface area contributed by atoms with Gasteiger partial charge < -0.3 is 19.8 Å². The first-order valence-electron chi connectivity index (χ1n) is 6.93. The Morgan fingerprint density at radius 3 is 3.05 bits per heavy atom. The summed E-state index contributed by atoms with van der Waals surface area (Å²) in [5, 5.41) is 0. The smallest absolute Gasteiger partial charge is 0.355 e. The lowest BCUT2D eigenvalue weighted by Crippen LogP contribution is -2.22. The highest BCUT2D eigenvalue weighted by Gasteiger charge is 2.22. The molecule has 3 rings (SSSR count). The molecule has 1 aromatic heterocycles. The molecular formula is C16H18N2O3. The van der Waals surface area contributed by atoms with E-state index < -0.39 is 0 Å².